The summed E-state index contributed by atoms with van der Waals surface area (Å²) >= 11 is 3.12. The number of carbonyl (C=O) groups is 2. The van der Waals surface area contributed by atoms with Crippen LogP contribution in [0.3, 0.4) is 0 Å². The average Bonchev–Trinajstić information content (AvgIpc) is 3.07. The minimum atomic E-state index is -0.364. The molecule has 0 spiro atoms. The third kappa shape index (κ3) is 5.82. The normalized spacial score (nSPS) is 12.2. The van der Waals surface area contributed by atoms with Crippen LogP contribution in [0.15, 0.2) is 48.5 Å². The van der Waals surface area contributed by atoms with Crippen LogP contribution in [0, 0.1) is 0 Å². The molecule has 154 valence electrons. The summed E-state index contributed by atoms with van der Waals surface area (Å²) in [6.07, 6.45) is 3.51. The Bertz CT molecular complexity index is 795. The molecule has 0 atom stereocenters. The van der Waals surface area contributed by atoms with Crippen molar-refractivity contribution < 1.29 is 14.3 Å². The third-order valence-electron chi connectivity index (χ3n) is 5.16. The summed E-state index contributed by atoms with van der Waals surface area (Å²) in [7, 11) is 0. The van der Waals surface area contributed by atoms with Crippen LogP contribution in [0.2, 0.25) is 0 Å². The van der Waals surface area contributed by atoms with Gasteiger partial charge in [-0.25, -0.2) is 4.79 Å². The molecule has 2 amide bonds. The number of nitrogens with one attached hydrogen (secondary N) is 2. The maximum Gasteiger partial charge on any atom is 0.407 e. The van der Waals surface area contributed by atoms with Gasteiger partial charge in [-0.3, -0.25) is 4.79 Å². The number of alkyl carbamates (subject to hydrolysis) is 1. The number of hydrogen-bond donors (Lipinski definition) is 2. The first-order valence-corrected chi connectivity index (χ1v) is 11.2. The standard InChI is InChI=1S/C23H27BrN2O3/c24-15-22(27)25-13-7-1-2-8-14-26-23(28)29-16-21-19-11-5-3-9-17(19)18-10-4-6-12-20(18)21/h3-6,9-12,21H,1-2,7-8,13-16H2,(H,25,27)(H,26,28). The highest BCUT2D eigenvalue weighted by molar-refractivity contribution is 9.09. The average molecular weight is 459 g/mol. The third-order valence-corrected chi connectivity index (χ3v) is 5.67. The molecule has 0 radical (unpaired) electrons. The van der Waals surface area contributed by atoms with E-state index in [1.165, 1.54) is 22.3 Å². The highest BCUT2D eigenvalue weighted by atomic mass is 79.9. The molecule has 0 aromatic heterocycles. The smallest absolute Gasteiger partial charge is 0.407 e. The van der Waals surface area contributed by atoms with Gasteiger partial charge >= 0.3 is 6.09 Å². The van der Waals surface area contributed by atoms with Crippen molar-refractivity contribution in [1.82, 2.24) is 10.6 Å². The molecule has 1 aliphatic rings. The number of amides is 2. The Morgan fingerprint density at radius 3 is 1.97 bits per heavy atom. The van der Waals surface area contributed by atoms with E-state index in [1.807, 2.05) is 24.3 Å². The zero-order valence-corrected chi connectivity index (χ0v) is 18.0. The molecular formula is C23H27BrN2O3. The van der Waals surface area contributed by atoms with Gasteiger partial charge in [-0.2, -0.15) is 0 Å². The van der Waals surface area contributed by atoms with Crippen LogP contribution in [0.25, 0.3) is 11.1 Å². The molecule has 0 heterocycles. The van der Waals surface area contributed by atoms with Gasteiger partial charge in [0.25, 0.3) is 0 Å². The number of ether oxygens (including phenoxy) is 1. The van der Waals surface area contributed by atoms with Crippen molar-refractivity contribution in [3.05, 3.63) is 59.7 Å². The molecule has 3 rings (SSSR count). The van der Waals surface area contributed by atoms with E-state index in [4.69, 9.17) is 4.74 Å². The second-order valence-corrected chi connectivity index (χ2v) is 7.71. The monoisotopic (exact) mass is 458 g/mol. The van der Waals surface area contributed by atoms with Crippen molar-refractivity contribution in [1.29, 1.82) is 0 Å². The fourth-order valence-electron chi connectivity index (χ4n) is 3.72. The van der Waals surface area contributed by atoms with E-state index < -0.39 is 0 Å². The Kier molecular flexibility index (Phi) is 8.11. The lowest BCUT2D eigenvalue weighted by Gasteiger charge is -2.14. The maximum absolute atomic E-state index is 12.1. The van der Waals surface area contributed by atoms with Gasteiger partial charge < -0.3 is 15.4 Å². The second-order valence-electron chi connectivity index (χ2n) is 7.15. The number of carbonyl (C=O) groups excluding carboxylic acids is 2. The Morgan fingerprint density at radius 2 is 1.38 bits per heavy atom. The van der Waals surface area contributed by atoms with Gasteiger partial charge in [0.2, 0.25) is 5.91 Å². The molecule has 0 aliphatic heterocycles. The fraction of sp³-hybridized carbons (Fsp3) is 0.391. The molecule has 0 fully saturated rings. The van der Waals surface area contributed by atoms with Crippen LogP contribution < -0.4 is 10.6 Å². The number of alkyl halides is 1. The zero-order valence-electron chi connectivity index (χ0n) is 16.5. The van der Waals surface area contributed by atoms with Crippen LogP contribution >= 0.6 is 15.9 Å². The molecule has 29 heavy (non-hydrogen) atoms. The highest BCUT2D eigenvalue weighted by Gasteiger charge is 2.28. The first kappa shape index (κ1) is 21.4. The molecule has 2 aromatic carbocycles. The van der Waals surface area contributed by atoms with Crippen LogP contribution in [0.1, 0.15) is 42.7 Å². The first-order valence-electron chi connectivity index (χ1n) is 10.1. The van der Waals surface area contributed by atoms with Crippen molar-refractivity contribution in [2.24, 2.45) is 0 Å². The number of fused-ring (bicyclic) bond motifs is 3. The zero-order chi connectivity index (χ0) is 20.5. The summed E-state index contributed by atoms with van der Waals surface area (Å²) in [5.74, 6) is 0.102. The number of unbranched alkanes of at least 4 members (excludes halogenated alkanes) is 3. The SMILES string of the molecule is O=C(CBr)NCCCCCCNC(=O)OCC1c2ccccc2-c2ccccc21. The summed E-state index contributed by atoms with van der Waals surface area (Å²) in [4.78, 5) is 23.2. The van der Waals surface area contributed by atoms with Gasteiger partial charge in [-0.1, -0.05) is 77.3 Å². The Labute approximate surface area is 180 Å². The lowest BCUT2D eigenvalue weighted by molar-refractivity contribution is -0.118. The van der Waals surface area contributed by atoms with Crippen LogP contribution in [-0.2, 0) is 9.53 Å². The summed E-state index contributed by atoms with van der Waals surface area (Å²) in [5, 5.41) is 6.00. The topological polar surface area (TPSA) is 67.4 Å². The van der Waals surface area contributed by atoms with Gasteiger partial charge in [0.05, 0.1) is 5.33 Å². The number of halogens is 1. The number of benzene rings is 2. The lowest BCUT2D eigenvalue weighted by Crippen LogP contribution is -2.27. The number of hydrogen-bond acceptors (Lipinski definition) is 3. The van der Waals surface area contributed by atoms with Crippen LogP contribution in [-0.4, -0.2) is 37.0 Å². The maximum atomic E-state index is 12.1. The van der Waals surface area contributed by atoms with Crippen LogP contribution in [0.4, 0.5) is 4.79 Å². The van der Waals surface area contributed by atoms with Crippen LogP contribution in [0.5, 0.6) is 0 Å². The molecule has 1 aliphatic carbocycles. The Hall–Kier alpha value is -2.34. The molecule has 2 aromatic rings. The van der Waals surface area contributed by atoms with Crippen molar-refractivity contribution in [3.63, 3.8) is 0 Å². The molecule has 0 saturated carbocycles. The molecule has 5 nitrogen and oxygen atoms in total. The minimum Gasteiger partial charge on any atom is -0.449 e. The molecular weight excluding hydrogens is 432 g/mol. The highest BCUT2D eigenvalue weighted by Crippen LogP contribution is 2.44. The van der Waals surface area contributed by atoms with E-state index in [0.717, 1.165) is 25.7 Å². The first-order chi connectivity index (χ1) is 14.2. The summed E-state index contributed by atoms with van der Waals surface area (Å²) < 4.78 is 5.52. The Balaban J connectivity index is 1.36. The van der Waals surface area contributed by atoms with Gasteiger partial charge in [-0.15, -0.1) is 0 Å². The predicted molar refractivity (Wildman–Crippen MR) is 118 cm³/mol. The van der Waals surface area contributed by atoms with Gasteiger partial charge in [0.15, 0.2) is 0 Å². The Morgan fingerprint density at radius 1 is 0.828 bits per heavy atom. The molecule has 6 heteroatoms. The van der Waals surface area contributed by atoms with E-state index in [0.29, 0.717) is 25.0 Å². The predicted octanol–water partition coefficient (Wildman–Crippen LogP) is 4.60. The second kappa shape index (κ2) is 11.0. The number of rotatable bonds is 10. The van der Waals surface area contributed by atoms with E-state index in [1.54, 1.807) is 0 Å². The van der Waals surface area contributed by atoms with Crippen molar-refractivity contribution in [3.8, 4) is 11.1 Å². The largest absolute Gasteiger partial charge is 0.449 e. The quantitative estimate of drug-likeness (QED) is 0.403. The molecule has 2 N–H and O–H groups in total. The molecule has 0 unspecified atom stereocenters. The fourth-order valence-corrected chi connectivity index (χ4v) is 3.92. The van der Waals surface area contributed by atoms with Crippen molar-refractivity contribution in [2.75, 3.05) is 25.0 Å². The minimum absolute atomic E-state index is 0.0157. The lowest BCUT2D eigenvalue weighted by atomic mass is 9.98. The summed E-state index contributed by atoms with van der Waals surface area (Å²) in [5.41, 5.74) is 4.89. The van der Waals surface area contributed by atoms with E-state index >= 15 is 0 Å². The van der Waals surface area contributed by atoms with E-state index in [2.05, 4.69) is 50.8 Å². The van der Waals surface area contributed by atoms with Crippen molar-refractivity contribution in [2.45, 2.75) is 31.6 Å². The summed E-state index contributed by atoms with van der Waals surface area (Å²) in [6, 6.07) is 16.6. The van der Waals surface area contributed by atoms with E-state index in [9.17, 15) is 9.59 Å². The van der Waals surface area contributed by atoms with Gasteiger partial charge in [-0.05, 0) is 35.1 Å². The van der Waals surface area contributed by atoms with Gasteiger partial charge in [0.1, 0.15) is 6.61 Å². The summed E-state index contributed by atoms with van der Waals surface area (Å²) in [6.45, 7) is 1.64. The van der Waals surface area contributed by atoms with E-state index in [-0.39, 0.29) is 17.9 Å². The molecule has 0 bridgehead atoms. The van der Waals surface area contributed by atoms with Gasteiger partial charge in [0, 0.05) is 19.0 Å². The van der Waals surface area contributed by atoms with Crippen molar-refractivity contribution >= 4 is 27.9 Å². The molecule has 0 saturated heterocycles.